The molecule has 1 heterocycles. The minimum atomic E-state index is 0.689. The summed E-state index contributed by atoms with van der Waals surface area (Å²) in [6.07, 6.45) is 6.74. The fourth-order valence-electron chi connectivity index (χ4n) is 2.31. The van der Waals surface area contributed by atoms with E-state index in [0.29, 0.717) is 12.1 Å². The van der Waals surface area contributed by atoms with Crippen molar-refractivity contribution in [3.63, 3.8) is 0 Å². The molecular formula is C13H28N2. The SMILES string of the molecule is CC(C)CCCC(C)NC1CCCNC1. The molecule has 0 aromatic carbocycles. The topological polar surface area (TPSA) is 24.1 Å². The maximum Gasteiger partial charge on any atom is 0.0195 e. The van der Waals surface area contributed by atoms with E-state index in [9.17, 15) is 0 Å². The lowest BCUT2D eigenvalue weighted by atomic mass is 10.0. The van der Waals surface area contributed by atoms with Crippen molar-refractivity contribution in [3.05, 3.63) is 0 Å². The summed E-state index contributed by atoms with van der Waals surface area (Å²) >= 11 is 0. The van der Waals surface area contributed by atoms with E-state index in [0.717, 1.165) is 12.5 Å². The van der Waals surface area contributed by atoms with Gasteiger partial charge in [-0.2, -0.15) is 0 Å². The Kier molecular flexibility index (Phi) is 6.26. The van der Waals surface area contributed by atoms with Crippen LogP contribution in [-0.4, -0.2) is 25.2 Å². The van der Waals surface area contributed by atoms with Crippen LogP contribution >= 0.6 is 0 Å². The fraction of sp³-hybridized carbons (Fsp3) is 1.00. The summed E-state index contributed by atoms with van der Waals surface area (Å²) in [6.45, 7) is 9.32. The van der Waals surface area contributed by atoms with E-state index < -0.39 is 0 Å². The number of piperidine rings is 1. The van der Waals surface area contributed by atoms with Crippen LogP contribution in [0.4, 0.5) is 0 Å². The number of hydrogen-bond donors (Lipinski definition) is 2. The number of rotatable bonds is 6. The normalized spacial score (nSPS) is 24.4. The van der Waals surface area contributed by atoms with Gasteiger partial charge in [0.05, 0.1) is 0 Å². The van der Waals surface area contributed by atoms with Crippen molar-refractivity contribution < 1.29 is 0 Å². The molecule has 0 spiro atoms. The van der Waals surface area contributed by atoms with Crippen LogP contribution in [0.15, 0.2) is 0 Å². The lowest BCUT2D eigenvalue weighted by Crippen LogP contribution is -2.46. The van der Waals surface area contributed by atoms with Crippen LogP contribution in [0, 0.1) is 5.92 Å². The molecule has 2 atom stereocenters. The van der Waals surface area contributed by atoms with Crippen molar-refractivity contribution in [1.29, 1.82) is 0 Å². The van der Waals surface area contributed by atoms with Gasteiger partial charge in [-0.15, -0.1) is 0 Å². The molecule has 1 rings (SSSR count). The molecule has 2 N–H and O–H groups in total. The minimum Gasteiger partial charge on any atom is -0.315 e. The zero-order chi connectivity index (χ0) is 11.1. The third-order valence-corrected chi connectivity index (χ3v) is 3.24. The summed E-state index contributed by atoms with van der Waals surface area (Å²) in [5.74, 6) is 0.855. The lowest BCUT2D eigenvalue weighted by Gasteiger charge is -2.27. The fourth-order valence-corrected chi connectivity index (χ4v) is 2.31. The molecule has 2 nitrogen and oxygen atoms in total. The van der Waals surface area contributed by atoms with Gasteiger partial charge in [-0.25, -0.2) is 0 Å². The smallest absolute Gasteiger partial charge is 0.0195 e. The second-order valence-electron chi connectivity index (χ2n) is 5.44. The summed E-state index contributed by atoms with van der Waals surface area (Å²) in [5, 5.41) is 7.18. The Balaban J connectivity index is 2.03. The highest BCUT2D eigenvalue weighted by atomic mass is 15.0. The predicted octanol–water partition coefficient (Wildman–Crippen LogP) is 2.54. The molecule has 90 valence electrons. The standard InChI is InChI=1S/C13H28N2/c1-11(2)6-4-7-12(3)15-13-8-5-9-14-10-13/h11-15H,4-10H2,1-3H3. The Bertz CT molecular complexity index is 151. The zero-order valence-corrected chi connectivity index (χ0v) is 10.7. The van der Waals surface area contributed by atoms with Crippen LogP contribution in [-0.2, 0) is 0 Å². The van der Waals surface area contributed by atoms with E-state index in [4.69, 9.17) is 0 Å². The molecule has 1 aliphatic heterocycles. The molecular weight excluding hydrogens is 184 g/mol. The number of hydrogen-bond acceptors (Lipinski definition) is 2. The predicted molar refractivity (Wildman–Crippen MR) is 67.2 cm³/mol. The van der Waals surface area contributed by atoms with Gasteiger partial charge in [0.2, 0.25) is 0 Å². The molecule has 0 aromatic heterocycles. The van der Waals surface area contributed by atoms with Gasteiger partial charge in [-0.3, -0.25) is 0 Å². The van der Waals surface area contributed by atoms with Crippen molar-refractivity contribution >= 4 is 0 Å². The van der Waals surface area contributed by atoms with Crippen molar-refractivity contribution in [2.24, 2.45) is 5.92 Å². The Morgan fingerprint density at radius 1 is 1.27 bits per heavy atom. The van der Waals surface area contributed by atoms with Crippen molar-refractivity contribution in [3.8, 4) is 0 Å². The molecule has 0 saturated carbocycles. The molecule has 15 heavy (non-hydrogen) atoms. The zero-order valence-electron chi connectivity index (χ0n) is 10.7. The van der Waals surface area contributed by atoms with Gasteiger partial charge < -0.3 is 10.6 Å². The molecule has 0 bridgehead atoms. The Morgan fingerprint density at radius 2 is 2.07 bits per heavy atom. The summed E-state index contributed by atoms with van der Waals surface area (Å²) in [5.41, 5.74) is 0. The molecule has 1 aliphatic rings. The first kappa shape index (κ1) is 13.0. The van der Waals surface area contributed by atoms with Crippen molar-refractivity contribution in [1.82, 2.24) is 10.6 Å². The first-order valence-corrected chi connectivity index (χ1v) is 6.65. The first-order chi connectivity index (χ1) is 7.18. The average molecular weight is 212 g/mol. The van der Waals surface area contributed by atoms with E-state index in [-0.39, 0.29) is 0 Å². The van der Waals surface area contributed by atoms with E-state index in [1.807, 2.05) is 0 Å². The Hall–Kier alpha value is -0.0800. The first-order valence-electron chi connectivity index (χ1n) is 6.65. The summed E-state index contributed by atoms with van der Waals surface area (Å²) in [4.78, 5) is 0. The minimum absolute atomic E-state index is 0.689. The highest BCUT2D eigenvalue weighted by molar-refractivity contribution is 4.77. The second kappa shape index (κ2) is 7.24. The average Bonchev–Trinajstić information content (AvgIpc) is 2.18. The monoisotopic (exact) mass is 212 g/mol. The van der Waals surface area contributed by atoms with Gasteiger partial charge in [0.1, 0.15) is 0 Å². The van der Waals surface area contributed by atoms with Crippen LogP contribution in [0.25, 0.3) is 0 Å². The van der Waals surface area contributed by atoms with Crippen LogP contribution in [0.5, 0.6) is 0 Å². The van der Waals surface area contributed by atoms with Crippen LogP contribution in [0.2, 0.25) is 0 Å². The molecule has 0 aliphatic carbocycles. The highest BCUT2D eigenvalue weighted by Crippen LogP contribution is 2.10. The van der Waals surface area contributed by atoms with E-state index in [1.165, 1.54) is 38.6 Å². The van der Waals surface area contributed by atoms with Gasteiger partial charge in [0.25, 0.3) is 0 Å². The Morgan fingerprint density at radius 3 is 2.67 bits per heavy atom. The van der Waals surface area contributed by atoms with Gasteiger partial charge in [-0.1, -0.05) is 26.7 Å². The third-order valence-electron chi connectivity index (χ3n) is 3.24. The van der Waals surface area contributed by atoms with Gasteiger partial charge in [0.15, 0.2) is 0 Å². The second-order valence-corrected chi connectivity index (χ2v) is 5.44. The maximum atomic E-state index is 3.73. The Labute approximate surface area is 95.2 Å². The van der Waals surface area contributed by atoms with Crippen LogP contribution in [0.3, 0.4) is 0 Å². The molecule has 1 saturated heterocycles. The molecule has 0 radical (unpaired) electrons. The largest absolute Gasteiger partial charge is 0.315 e. The molecule has 2 heteroatoms. The quantitative estimate of drug-likeness (QED) is 0.707. The van der Waals surface area contributed by atoms with Gasteiger partial charge in [-0.05, 0) is 38.6 Å². The summed E-state index contributed by atoms with van der Waals surface area (Å²) < 4.78 is 0. The van der Waals surface area contributed by atoms with E-state index in [2.05, 4.69) is 31.4 Å². The van der Waals surface area contributed by atoms with Gasteiger partial charge in [0, 0.05) is 18.6 Å². The lowest BCUT2D eigenvalue weighted by molar-refractivity contribution is 0.343. The molecule has 0 amide bonds. The van der Waals surface area contributed by atoms with Crippen molar-refractivity contribution in [2.45, 2.75) is 65.0 Å². The van der Waals surface area contributed by atoms with Gasteiger partial charge >= 0.3 is 0 Å². The van der Waals surface area contributed by atoms with Crippen LogP contribution in [0.1, 0.15) is 52.9 Å². The van der Waals surface area contributed by atoms with Crippen molar-refractivity contribution in [2.75, 3.05) is 13.1 Å². The summed E-state index contributed by atoms with van der Waals surface area (Å²) in [7, 11) is 0. The molecule has 0 aromatic rings. The molecule has 2 unspecified atom stereocenters. The highest BCUT2D eigenvalue weighted by Gasteiger charge is 2.14. The third kappa shape index (κ3) is 6.16. The molecule has 1 fully saturated rings. The van der Waals surface area contributed by atoms with E-state index in [1.54, 1.807) is 0 Å². The van der Waals surface area contributed by atoms with E-state index >= 15 is 0 Å². The van der Waals surface area contributed by atoms with Crippen LogP contribution < -0.4 is 10.6 Å². The maximum absolute atomic E-state index is 3.73. The number of nitrogens with one attached hydrogen (secondary N) is 2. The summed E-state index contributed by atoms with van der Waals surface area (Å²) in [6, 6.07) is 1.40.